The fraction of sp³-hybridized carbons (Fsp3) is 0.333. The van der Waals surface area contributed by atoms with Crippen LogP contribution in [0.4, 0.5) is 0 Å². The van der Waals surface area contributed by atoms with Gasteiger partial charge in [0.25, 0.3) is 0 Å². The van der Waals surface area contributed by atoms with Crippen molar-refractivity contribution in [3.05, 3.63) is 29.8 Å². The van der Waals surface area contributed by atoms with Gasteiger partial charge in [-0.15, -0.1) is 0 Å². The summed E-state index contributed by atoms with van der Waals surface area (Å²) in [5.41, 5.74) is 0.976. The molecule has 82 valence electrons. The Kier molecular flexibility index (Phi) is 4.71. The average molecular weight is 208 g/mol. The number of hydrogen-bond acceptors (Lipinski definition) is 3. The normalized spacial score (nSPS) is 10.6. The zero-order valence-electron chi connectivity index (χ0n) is 9.06. The Balaban J connectivity index is 2.91. The van der Waals surface area contributed by atoms with Crippen molar-refractivity contribution < 1.29 is 14.6 Å². The summed E-state index contributed by atoms with van der Waals surface area (Å²) < 4.78 is 10.6. The van der Waals surface area contributed by atoms with Crippen LogP contribution in [0.25, 0.3) is 6.08 Å². The van der Waals surface area contributed by atoms with Crippen LogP contribution in [-0.4, -0.2) is 25.4 Å². The van der Waals surface area contributed by atoms with Crippen LogP contribution in [0.5, 0.6) is 11.5 Å². The number of rotatable bonds is 5. The van der Waals surface area contributed by atoms with Crippen LogP contribution in [0.3, 0.4) is 0 Å². The van der Waals surface area contributed by atoms with E-state index in [1.54, 1.807) is 13.2 Å². The molecule has 0 spiro atoms. The second-order valence-electron chi connectivity index (χ2n) is 2.93. The Morgan fingerprint density at radius 3 is 2.73 bits per heavy atom. The monoisotopic (exact) mass is 208 g/mol. The van der Waals surface area contributed by atoms with Crippen molar-refractivity contribution in [3.8, 4) is 11.5 Å². The van der Waals surface area contributed by atoms with E-state index in [0.29, 0.717) is 12.4 Å². The van der Waals surface area contributed by atoms with Crippen LogP contribution in [-0.2, 0) is 0 Å². The lowest BCUT2D eigenvalue weighted by atomic mass is 10.2. The maximum Gasteiger partial charge on any atom is 0.161 e. The van der Waals surface area contributed by atoms with Crippen LogP contribution in [0.1, 0.15) is 12.5 Å². The second-order valence-corrected chi connectivity index (χ2v) is 2.93. The molecule has 15 heavy (non-hydrogen) atoms. The van der Waals surface area contributed by atoms with E-state index in [2.05, 4.69) is 0 Å². The fourth-order valence-electron chi connectivity index (χ4n) is 1.25. The van der Waals surface area contributed by atoms with E-state index >= 15 is 0 Å². The standard InChI is InChI=1S/C12H16O3/c1-3-15-11-7-6-10(5-4-8-13)9-12(11)14-2/h4-7,9,13H,3,8H2,1-2H3. The summed E-state index contributed by atoms with van der Waals surface area (Å²) in [5.74, 6) is 1.44. The van der Waals surface area contributed by atoms with E-state index in [1.165, 1.54) is 0 Å². The third-order valence-electron chi connectivity index (χ3n) is 1.90. The van der Waals surface area contributed by atoms with Gasteiger partial charge in [-0.1, -0.05) is 18.2 Å². The maximum atomic E-state index is 8.65. The SMILES string of the molecule is CCOc1ccc(C=CCO)cc1OC. The molecule has 0 aliphatic rings. The Morgan fingerprint density at radius 2 is 2.13 bits per heavy atom. The van der Waals surface area contributed by atoms with E-state index in [4.69, 9.17) is 14.6 Å². The molecule has 0 radical (unpaired) electrons. The molecule has 0 saturated heterocycles. The van der Waals surface area contributed by atoms with Crippen LogP contribution in [0.2, 0.25) is 0 Å². The van der Waals surface area contributed by atoms with Crippen LogP contribution in [0.15, 0.2) is 24.3 Å². The number of benzene rings is 1. The van der Waals surface area contributed by atoms with Crippen molar-refractivity contribution in [1.29, 1.82) is 0 Å². The highest BCUT2D eigenvalue weighted by Crippen LogP contribution is 2.28. The average Bonchev–Trinajstić information content (AvgIpc) is 2.28. The molecule has 0 aromatic heterocycles. The van der Waals surface area contributed by atoms with Crippen molar-refractivity contribution in [3.63, 3.8) is 0 Å². The molecule has 3 heteroatoms. The lowest BCUT2D eigenvalue weighted by Crippen LogP contribution is -1.95. The van der Waals surface area contributed by atoms with Crippen molar-refractivity contribution in [2.75, 3.05) is 20.3 Å². The van der Waals surface area contributed by atoms with Gasteiger partial charge in [-0.3, -0.25) is 0 Å². The molecule has 0 aliphatic carbocycles. The summed E-state index contributed by atoms with van der Waals surface area (Å²) in [7, 11) is 1.61. The molecule has 0 unspecified atom stereocenters. The molecule has 1 aromatic rings. The highest BCUT2D eigenvalue weighted by molar-refractivity contribution is 5.55. The topological polar surface area (TPSA) is 38.7 Å². The molecule has 0 amide bonds. The molecule has 0 saturated carbocycles. The lowest BCUT2D eigenvalue weighted by Gasteiger charge is -2.09. The first-order valence-electron chi connectivity index (χ1n) is 4.90. The summed E-state index contributed by atoms with van der Waals surface area (Å²) in [6.07, 6.45) is 3.51. The van der Waals surface area contributed by atoms with E-state index < -0.39 is 0 Å². The van der Waals surface area contributed by atoms with E-state index in [0.717, 1.165) is 11.3 Å². The van der Waals surface area contributed by atoms with Crippen LogP contribution >= 0.6 is 0 Å². The van der Waals surface area contributed by atoms with Crippen LogP contribution < -0.4 is 9.47 Å². The van der Waals surface area contributed by atoms with E-state index in [9.17, 15) is 0 Å². The first-order valence-corrected chi connectivity index (χ1v) is 4.90. The Morgan fingerprint density at radius 1 is 1.33 bits per heavy atom. The predicted molar refractivity (Wildman–Crippen MR) is 60.3 cm³/mol. The van der Waals surface area contributed by atoms with Gasteiger partial charge in [-0.05, 0) is 24.6 Å². The van der Waals surface area contributed by atoms with Gasteiger partial charge in [0.05, 0.1) is 20.3 Å². The summed E-state index contributed by atoms with van der Waals surface area (Å²) in [6, 6.07) is 5.65. The number of methoxy groups -OCH3 is 1. The maximum absolute atomic E-state index is 8.65. The minimum atomic E-state index is 0.0372. The summed E-state index contributed by atoms with van der Waals surface area (Å²) in [4.78, 5) is 0. The van der Waals surface area contributed by atoms with Gasteiger partial charge in [0.15, 0.2) is 11.5 Å². The zero-order valence-corrected chi connectivity index (χ0v) is 9.06. The van der Waals surface area contributed by atoms with Crippen molar-refractivity contribution in [2.24, 2.45) is 0 Å². The number of aliphatic hydroxyl groups excluding tert-OH is 1. The van der Waals surface area contributed by atoms with Gasteiger partial charge in [0.1, 0.15) is 0 Å². The van der Waals surface area contributed by atoms with Crippen molar-refractivity contribution >= 4 is 6.08 Å². The number of hydrogen-bond donors (Lipinski definition) is 1. The summed E-state index contributed by atoms with van der Waals surface area (Å²) >= 11 is 0. The van der Waals surface area contributed by atoms with Gasteiger partial charge in [0, 0.05) is 0 Å². The van der Waals surface area contributed by atoms with Gasteiger partial charge < -0.3 is 14.6 Å². The quantitative estimate of drug-likeness (QED) is 0.805. The Bertz CT molecular complexity index is 332. The van der Waals surface area contributed by atoms with E-state index in [1.807, 2.05) is 31.2 Å². The second kappa shape index (κ2) is 6.09. The predicted octanol–water partition coefficient (Wildman–Crippen LogP) is 2.10. The Hall–Kier alpha value is -1.48. The minimum absolute atomic E-state index is 0.0372. The highest BCUT2D eigenvalue weighted by atomic mass is 16.5. The largest absolute Gasteiger partial charge is 0.493 e. The lowest BCUT2D eigenvalue weighted by molar-refractivity contribution is 0.311. The first kappa shape index (κ1) is 11.6. The smallest absolute Gasteiger partial charge is 0.161 e. The third-order valence-corrected chi connectivity index (χ3v) is 1.90. The molecule has 0 aliphatic heterocycles. The van der Waals surface area contributed by atoms with E-state index in [-0.39, 0.29) is 6.61 Å². The fourth-order valence-corrected chi connectivity index (χ4v) is 1.25. The van der Waals surface area contributed by atoms with Gasteiger partial charge in [0.2, 0.25) is 0 Å². The zero-order chi connectivity index (χ0) is 11.1. The molecular formula is C12H16O3. The van der Waals surface area contributed by atoms with Crippen molar-refractivity contribution in [2.45, 2.75) is 6.92 Å². The molecule has 0 atom stereocenters. The summed E-state index contributed by atoms with van der Waals surface area (Å²) in [6.45, 7) is 2.58. The molecule has 0 bridgehead atoms. The highest BCUT2D eigenvalue weighted by Gasteiger charge is 2.03. The third kappa shape index (κ3) is 3.29. The minimum Gasteiger partial charge on any atom is -0.493 e. The first-order chi connectivity index (χ1) is 7.31. The molecule has 0 fully saturated rings. The summed E-state index contributed by atoms with van der Waals surface area (Å²) in [5, 5.41) is 8.65. The van der Waals surface area contributed by atoms with Crippen molar-refractivity contribution in [1.82, 2.24) is 0 Å². The number of ether oxygens (including phenoxy) is 2. The van der Waals surface area contributed by atoms with Gasteiger partial charge in [-0.25, -0.2) is 0 Å². The molecule has 3 nitrogen and oxygen atoms in total. The molecule has 1 aromatic carbocycles. The molecule has 1 rings (SSSR count). The molecular weight excluding hydrogens is 192 g/mol. The number of aliphatic hydroxyl groups is 1. The van der Waals surface area contributed by atoms with Gasteiger partial charge >= 0.3 is 0 Å². The van der Waals surface area contributed by atoms with Gasteiger partial charge in [-0.2, -0.15) is 0 Å². The molecule has 0 heterocycles. The van der Waals surface area contributed by atoms with Crippen LogP contribution in [0, 0.1) is 0 Å². The Labute approximate surface area is 90.0 Å². The molecule has 1 N–H and O–H groups in total.